The van der Waals surface area contributed by atoms with Crippen molar-refractivity contribution < 1.29 is 29.0 Å². The van der Waals surface area contributed by atoms with E-state index in [1.54, 1.807) is 44.4 Å². The summed E-state index contributed by atoms with van der Waals surface area (Å²) in [5.41, 5.74) is 1.93. The number of hydrogen-bond acceptors (Lipinski definition) is 9. The van der Waals surface area contributed by atoms with Crippen molar-refractivity contribution in [2.45, 2.75) is 46.6 Å². The third-order valence-corrected chi connectivity index (χ3v) is 5.96. The molecule has 1 aromatic carbocycles. The molecule has 0 bridgehead atoms. The van der Waals surface area contributed by atoms with E-state index in [1.165, 1.54) is 24.9 Å². The Morgan fingerprint density at radius 1 is 1.18 bits per heavy atom. The first kappa shape index (κ1) is 33.2. The van der Waals surface area contributed by atoms with Crippen LogP contribution < -0.4 is 15.4 Å². The summed E-state index contributed by atoms with van der Waals surface area (Å²) in [5, 5.41) is 14.8. The van der Waals surface area contributed by atoms with E-state index in [0.717, 1.165) is 5.56 Å². The van der Waals surface area contributed by atoms with E-state index >= 15 is 0 Å². The molecule has 1 unspecified atom stereocenters. The number of aromatic hydroxyl groups is 1. The number of aromatic nitrogens is 2. The lowest BCUT2D eigenvalue weighted by atomic mass is 10.1. The molecule has 0 aliphatic heterocycles. The molecule has 212 valence electrons. The van der Waals surface area contributed by atoms with Crippen molar-refractivity contribution in [1.29, 1.82) is 0 Å². The number of aryl methyl sites for hydroxylation is 3. The highest BCUT2D eigenvalue weighted by Crippen LogP contribution is 2.16. The van der Waals surface area contributed by atoms with Gasteiger partial charge in [-0.1, -0.05) is 38.6 Å². The minimum absolute atomic E-state index is 0.137. The van der Waals surface area contributed by atoms with Crippen LogP contribution in [-0.2, 0) is 20.7 Å². The lowest BCUT2D eigenvalue weighted by molar-refractivity contribution is -0.142. The maximum atomic E-state index is 13.0. The van der Waals surface area contributed by atoms with Gasteiger partial charge in [0.25, 0.3) is 11.8 Å². The lowest BCUT2D eigenvalue weighted by Gasteiger charge is -2.19. The molecule has 10 nitrogen and oxygen atoms in total. The number of esters is 1. The first-order chi connectivity index (χ1) is 18.7. The highest BCUT2D eigenvalue weighted by atomic mass is 32.2. The van der Waals surface area contributed by atoms with E-state index < -0.39 is 23.8 Å². The molecular formula is C28H38N4O6S. The summed E-state index contributed by atoms with van der Waals surface area (Å²) in [6, 6.07) is 6.03. The summed E-state index contributed by atoms with van der Waals surface area (Å²) < 4.78 is 10.4. The van der Waals surface area contributed by atoms with Gasteiger partial charge in [-0.15, -0.1) is 11.8 Å². The number of amides is 2. The molecule has 1 aromatic heterocycles. The van der Waals surface area contributed by atoms with Gasteiger partial charge in [-0.05, 0) is 56.7 Å². The lowest BCUT2D eigenvalue weighted by Crippen LogP contribution is -2.49. The summed E-state index contributed by atoms with van der Waals surface area (Å²) in [7, 11) is 1.19. The average Bonchev–Trinajstić information content (AvgIpc) is 2.92. The summed E-state index contributed by atoms with van der Waals surface area (Å²) in [4.78, 5) is 46.6. The molecule has 2 rings (SSSR count). The standard InChI is InChI=1S/C26H32N4O6S.C2H6/c1-6-9-21(37-5)23(32)27-15-20(25(34)35-4)30-24(33)22-16(2)28-26(29-17(22)3)36-13-8-11-18-10-7-12-19(31)14-18;1-2/h6-7,9-10,12,14,20,31H,1,8,11,13,15H2,2-5H3,(H,27,32)(H,30,33);1-2H3/b21-9-;. The van der Waals surface area contributed by atoms with Crippen molar-refractivity contribution >= 4 is 29.5 Å². The maximum absolute atomic E-state index is 13.0. The summed E-state index contributed by atoms with van der Waals surface area (Å²) >= 11 is 1.23. The third kappa shape index (κ3) is 10.8. The number of hydrogen-bond donors (Lipinski definition) is 3. The number of nitrogens with one attached hydrogen (secondary N) is 2. The highest BCUT2D eigenvalue weighted by Gasteiger charge is 2.26. The van der Waals surface area contributed by atoms with Crippen molar-refractivity contribution in [3.8, 4) is 11.8 Å². The van der Waals surface area contributed by atoms with Gasteiger partial charge in [0.1, 0.15) is 11.8 Å². The zero-order valence-corrected chi connectivity index (χ0v) is 24.2. The number of allylic oxidation sites excluding steroid dienone is 2. The Hall–Kier alpha value is -3.86. The highest BCUT2D eigenvalue weighted by molar-refractivity contribution is 8.03. The van der Waals surface area contributed by atoms with Crippen molar-refractivity contribution in [3.63, 3.8) is 0 Å². The van der Waals surface area contributed by atoms with Gasteiger partial charge in [-0.2, -0.15) is 9.97 Å². The fourth-order valence-corrected chi connectivity index (χ4v) is 3.91. The Bertz CT molecular complexity index is 1150. The van der Waals surface area contributed by atoms with Crippen LogP contribution in [-0.4, -0.2) is 65.4 Å². The van der Waals surface area contributed by atoms with Crippen molar-refractivity contribution in [2.75, 3.05) is 26.5 Å². The molecule has 2 aromatic rings. The van der Waals surface area contributed by atoms with Crippen LogP contribution in [0.25, 0.3) is 0 Å². The number of carbonyl (C=O) groups excluding carboxylic acids is 3. The molecule has 0 radical (unpaired) electrons. The molecule has 0 aliphatic carbocycles. The summed E-state index contributed by atoms with van der Waals surface area (Å²) in [6.45, 7) is 11.0. The van der Waals surface area contributed by atoms with Gasteiger partial charge >= 0.3 is 12.0 Å². The van der Waals surface area contributed by atoms with Crippen LogP contribution in [0.5, 0.6) is 11.8 Å². The first-order valence-electron chi connectivity index (χ1n) is 12.5. The van der Waals surface area contributed by atoms with E-state index in [-0.39, 0.29) is 23.9 Å². The molecule has 0 fully saturated rings. The number of phenols is 1. The molecule has 1 heterocycles. The topological polar surface area (TPSA) is 140 Å². The molecular weight excluding hydrogens is 520 g/mol. The quantitative estimate of drug-likeness (QED) is 0.145. The zero-order chi connectivity index (χ0) is 29.4. The fourth-order valence-electron chi connectivity index (χ4n) is 3.42. The van der Waals surface area contributed by atoms with E-state index in [1.807, 2.05) is 19.9 Å². The Balaban J connectivity index is 0.00000371. The number of nitrogens with zero attached hydrogens (tertiary/aromatic N) is 2. The minimum atomic E-state index is -1.12. The average molecular weight is 559 g/mol. The van der Waals surface area contributed by atoms with Gasteiger partial charge in [0.05, 0.1) is 35.6 Å². The zero-order valence-electron chi connectivity index (χ0n) is 23.4. The van der Waals surface area contributed by atoms with E-state index in [9.17, 15) is 19.5 Å². The Morgan fingerprint density at radius 2 is 1.85 bits per heavy atom. The normalized spacial score (nSPS) is 11.4. The maximum Gasteiger partial charge on any atom is 0.330 e. The van der Waals surface area contributed by atoms with Crippen LogP contribution in [0, 0.1) is 13.8 Å². The monoisotopic (exact) mass is 558 g/mol. The second-order valence-corrected chi connectivity index (χ2v) is 8.75. The van der Waals surface area contributed by atoms with Gasteiger partial charge in [0, 0.05) is 6.54 Å². The van der Waals surface area contributed by atoms with Crippen LogP contribution in [0.4, 0.5) is 0 Å². The van der Waals surface area contributed by atoms with Gasteiger partial charge in [0.2, 0.25) is 0 Å². The smallest absolute Gasteiger partial charge is 0.330 e. The second kappa shape index (κ2) is 17.6. The third-order valence-electron chi connectivity index (χ3n) is 5.20. The molecule has 2 amide bonds. The Kier molecular flexibility index (Phi) is 15.0. The van der Waals surface area contributed by atoms with Gasteiger partial charge in [-0.25, -0.2) is 4.79 Å². The van der Waals surface area contributed by atoms with E-state index in [4.69, 9.17) is 9.47 Å². The predicted molar refractivity (Wildman–Crippen MR) is 153 cm³/mol. The SMILES string of the molecule is C=C/C=C(\SC)C(=O)NCC(NC(=O)c1c(C)nc(OCCCc2cccc(O)c2)nc1C)C(=O)OC.CC. The van der Waals surface area contributed by atoms with E-state index in [0.29, 0.717) is 35.7 Å². The van der Waals surface area contributed by atoms with Crippen molar-refractivity contribution in [1.82, 2.24) is 20.6 Å². The molecule has 0 saturated carbocycles. The number of ether oxygens (including phenoxy) is 2. The second-order valence-electron chi connectivity index (χ2n) is 7.90. The molecule has 0 saturated heterocycles. The van der Waals surface area contributed by atoms with Gasteiger partial charge < -0.3 is 25.2 Å². The molecule has 11 heteroatoms. The van der Waals surface area contributed by atoms with E-state index in [2.05, 4.69) is 27.2 Å². The molecule has 39 heavy (non-hydrogen) atoms. The van der Waals surface area contributed by atoms with Crippen molar-refractivity contribution in [2.24, 2.45) is 0 Å². The minimum Gasteiger partial charge on any atom is -0.508 e. The molecule has 3 N–H and O–H groups in total. The molecule has 1 atom stereocenters. The van der Waals surface area contributed by atoms with Crippen LogP contribution >= 0.6 is 11.8 Å². The largest absolute Gasteiger partial charge is 0.508 e. The Labute approximate surface area is 234 Å². The van der Waals surface area contributed by atoms with Gasteiger partial charge in [0.15, 0.2) is 0 Å². The van der Waals surface area contributed by atoms with Crippen LogP contribution in [0.2, 0.25) is 0 Å². The number of methoxy groups -OCH3 is 1. The number of benzene rings is 1. The van der Waals surface area contributed by atoms with Crippen LogP contribution in [0.3, 0.4) is 0 Å². The van der Waals surface area contributed by atoms with Crippen LogP contribution in [0.15, 0.2) is 47.9 Å². The van der Waals surface area contributed by atoms with Gasteiger partial charge in [-0.3, -0.25) is 9.59 Å². The molecule has 0 spiro atoms. The number of thioether (sulfide) groups is 1. The van der Waals surface area contributed by atoms with Crippen molar-refractivity contribution in [3.05, 3.63) is 70.4 Å². The first-order valence-corrected chi connectivity index (χ1v) is 13.7. The Morgan fingerprint density at radius 3 is 2.41 bits per heavy atom. The summed E-state index contributed by atoms with van der Waals surface area (Å²) in [6.07, 6.45) is 6.16. The number of phenolic OH excluding ortho intramolecular Hbond substituents is 1. The molecule has 0 aliphatic rings. The predicted octanol–water partition coefficient (Wildman–Crippen LogP) is 3.66. The number of rotatable bonds is 13. The van der Waals surface area contributed by atoms with Crippen LogP contribution in [0.1, 0.15) is 47.6 Å². The summed E-state index contributed by atoms with van der Waals surface area (Å²) in [5.74, 6) is -1.48. The number of carbonyl (C=O) groups is 3. The fraction of sp³-hybridized carbons (Fsp3) is 0.393.